The Morgan fingerprint density at radius 1 is 0.750 bits per heavy atom. The maximum Gasteiger partial charge on any atom is 0.228 e. The molecule has 1 aromatic heterocycles. The van der Waals surface area contributed by atoms with Crippen LogP contribution >= 0.6 is 0 Å². The highest BCUT2D eigenvalue weighted by Gasteiger charge is 2.10. The van der Waals surface area contributed by atoms with E-state index < -0.39 is 0 Å². The molecule has 3 aromatic carbocycles. The minimum atomic E-state index is 0.608. The predicted octanol–water partition coefficient (Wildman–Crippen LogP) is 5.35. The fraction of sp³-hybridized carbons (Fsp3) is 0.0476. The van der Waals surface area contributed by atoms with Crippen LogP contribution in [-0.4, -0.2) is 9.97 Å². The summed E-state index contributed by atoms with van der Waals surface area (Å²) in [5.41, 5.74) is 5.15. The quantitative estimate of drug-likeness (QED) is 0.554. The lowest BCUT2D eigenvalue weighted by Crippen LogP contribution is -2.00. The molecule has 0 radical (unpaired) electrons. The number of hydrogen-bond donors (Lipinski definition) is 1. The summed E-state index contributed by atoms with van der Waals surface area (Å²) in [6, 6.07) is 26.5. The lowest BCUT2D eigenvalue weighted by atomic mass is 10.0. The van der Waals surface area contributed by atoms with E-state index in [1.165, 1.54) is 5.56 Å². The first-order chi connectivity index (χ1) is 11.8. The summed E-state index contributed by atoms with van der Waals surface area (Å²) in [6.45, 7) is 2.09. The fourth-order valence-corrected chi connectivity index (χ4v) is 2.76. The van der Waals surface area contributed by atoms with Gasteiger partial charge in [-0.05, 0) is 31.2 Å². The van der Waals surface area contributed by atoms with Crippen LogP contribution in [0.5, 0.6) is 0 Å². The lowest BCUT2D eigenvalue weighted by molar-refractivity contribution is 1.21. The number of nitrogens with one attached hydrogen (secondary N) is 1. The zero-order valence-corrected chi connectivity index (χ0v) is 13.4. The van der Waals surface area contributed by atoms with Gasteiger partial charge in [-0.2, -0.15) is 0 Å². The standard InChI is InChI=1S/C21H17N3/c1-15-12-13-19-18(14-15)20(16-8-4-2-5-9-16)24-21(23-19)22-17-10-6-3-7-11-17/h2-14H,1H3,(H,22,23,24). The molecule has 0 saturated carbocycles. The molecule has 1 heterocycles. The van der Waals surface area contributed by atoms with E-state index >= 15 is 0 Å². The van der Waals surface area contributed by atoms with Crippen molar-refractivity contribution in [3.63, 3.8) is 0 Å². The van der Waals surface area contributed by atoms with E-state index in [4.69, 9.17) is 4.98 Å². The maximum atomic E-state index is 4.79. The van der Waals surface area contributed by atoms with E-state index in [1.807, 2.05) is 48.5 Å². The van der Waals surface area contributed by atoms with Gasteiger partial charge < -0.3 is 5.32 Å². The number of para-hydroxylation sites is 1. The molecule has 0 atom stereocenters. The first-order valence-electron chi connectivity index (χ1n) is 7.95. The molecule has 4 aromatic rings. The van der Waals surface area contributed by atoms with Gasteiger partial charge in [0.1, 0.15) is 0 Å². The molecular formula is C21H17N3. The third kappa shape index (κ3) is 2.84. The van der Waals surface area contributed by atoms with Gasteiger partial charge in [0.25, 0.3) is 0 Å². The molecule has 0 aliphatic heterocycles. The smallest absolute Gasteiger partial charge is 0.228 e. The third-order valence-corrected chi connectivity index (χ3v) is 3.93. The Balaban J connectivity index is 1.89. The molecular weight excluding hydrogens is 294 g/mol. The highest BCUT2D eigenvalue weighted by Crippen LogP contribution is 2.28. The minimum absolute atomic E-state index is 0.608. The van der Waals surface area contributed by atoms with Crippen molar-refractivity contribution in [2.75, 3.05) is 5.32 Å². The number of rotatable bonds is 3. The van der Waals surface area contributed by atoms with Crippen molar-refractivity contribution in [3.05, 3.63) is 84.4 Å². The molecule has 1 N–H and O–H groups in total. The Morgan fingerprint density at radius 2 is 1.46 bits per heavy atom. The van der Waals surface area contributed by atoms with Crippen molar-refractivity contribution < 1.29 is 0 Å². The molecule has 0 unspecified atom stereocenters. The Labute approximate surface area is 141 Å². The first-order valence-corrected chi connectivity index (χ1v) is 7.95. The topological polar surface area (TPSA) is 37.8 Å². The number of hydrogen-bond acceptors (Lipinski definition) is 3. The Morgan fingerprint density at radius 3 is 2.21 bits per heavy atom. The average molecular weight is 311 g/mol. The second-order valence-electron chi connectivity index (χ2n) is 5.77. The van der Waals surface area contributed by atoms with Crippen LogP contribution < -0.4 is 5.32 Å². The van der Waals surface area contributed by atoms with E-state index in [9.17, 15) is 0 Å². The van der Waals surface area contributed by atoms with Gasteiger partial charge in [-0.15, -0.1) is 0 Å². The van der Waals surface area contributed by atoms with Gasteiger partial charge in [0, 0.05) is 16.6 Å². The fourth-order valence-electron chi connectivity index (χ4n) is 2.76. The van der Waals surface area contributed by atoms with Crippen LogP contribution in [0, 0.1) is 6.92 Å². The Hall–Kier alpha value is -3.20. The number of aromatic nitrogens is 2. The second-order valence-corrected chi connectivity index (χ2v) is 5.77. The monoisotopic (exact) mass is 311 g/mol. The molecule has 24 heavy (non-hydrogen) atoms. The zero-order chi connectivity index (χ0) is 16.4. The molecule has 0 aliphatic carbocycles. The summed E-state index contributed by atoms with van der Waals surface area (Å²) in [5, 5.41) is 4.37. The largest absolute Gasteiger partial charge is 0.324 e. The van der Waals surface area contributed by atoms with Crippen molar-refractivity contribution in [1.82, 2.24) is 9.97 Å². The molecule has 116 valence electrons. The van der Waals surface area contributed by atoms with E-state index in [1.54, 1.807) is 0 Å². The summed E-state index contributed by atoms with van der Waals surface area (Å²) in [5.74, 6) is 0.608. The summed E-state index contributed by atoms with van der Waals surface area (Å²) >= 11 is 0. The molecule has 0 bridgehead atoms. The van der Waals surface area contributed by atoms with E-state index in [0.29, 0.717) is 5.95 Å². The van der Waals surface area contributed by atoms with Crippen molar-refractivity contribution >= 4 is 22.5 Å². The molecule has 0 saturated heterocycles. The molecule has 0 aliphatic rings. The maximum absolute atomic E-state index is 4.79. The molecule has 4 rings (SSSR count). The number of benzene rings is 3. The van der Waals surface area contributed by atoms with Crippen LogP contribution in [0.3, 0.4) is 0 Å². The Bertz CT molecular complexity index is 980. The van der Waals surface area contributed by atoms with E-state index in [0.717, 1.165) is 27.8 Å². The third-order valence-electron chi connectivity index (χ3n) is 3.93. The van der Waals surface area contributed by atoms with Gasteiger partial charge in [0.05, 0.1) is 11.2 Å². The highest BCUT2D eigenvalue weighted by atomic mass is 15.1. The molecule has 0 fully saturated rings. The van der Waals surface area contributed by atoms with Crippen LogP contribution in [0.1, 0.15) is 5.56 Å². The summed E-state index contributed by atoms with van der Waals surface area (Å²) in [7, 11) is 0. The first kappa shape index (κ1) is 14.4. The predicted molar refractivity (Wildman–Crippen MR) is 99.4 cm³/mol. The number of anilines is 2. The van der Waals surface area contributed by atoms with Gasteiger partial charge in [-0.3, -0.25) is 0 Å². The van der Waals surface area contributed by atoms with Crippen molar-refractivity contribution in [2.45, 2.75) is 6.92 Å². The van der Waals surface area contributed by atoms with E-state index in [-0.39, 0.29) is 0 Å². The van der Waals surface area contributed by atoms with Crippen LogP contribution in [0.2, 0.25) is 0 Å². The van der Waals surface area contributed by atoms with Crippen LogP contribution in [-0.2, 0) is 0 Å². The van der Waals surface area contributed by atoms with Gasteiger partial charge in [-0.1, -0.05) is 60.2 Å². The highest BCUT2D eigenvalue weighted by molar-refractivity contribution is 5.93. The van der Waals surface area contributed by atoms with Crippen LogP contribution in [0.25, 0.3) is 22.2 Å². The molecule has 3 nitrogen and oxygen atoms in total. The lowest BCUT2D eigenvalue weighted by Gasteiger charge is -2.11. The SMILES string of the molecule is Cc1ccc2nc(Nc3ccccc3)nc(-c3ccccc3)c2c1. The second kappa shape index (κ2) is 6.13. The number of aryl methyl sites for hydroxylation is 1. The molecule has 3 heteroatoms. The zero-order valence-electron chi connectivity index (χ0n) is 13.4. The summed E-state index contributed by atoms with van der Waals surface area (Å²) in [6.07, 6.45) is 0. The Kier molecular flexibility index (Phi) is 3.67. The summed E-state index contributed by atoms with van der Waals surface area (Å²) in [4.78, 5) is 9.46. The van der Waals surface area contributed by atoms with Crippen LogP contribution in [0.4, 0.5) is 11.6 Å². The van der Waals surface area contributed by atoms with Gasteiger partial charge >= 0.3 is 0 Å². The van der Waals surface area contributed by atoms with Crippen LogP contribution in [0.15, 0.2) is 78.9 Å². The normalized spacial score (nSPS) is 10.7. The van der Waals surface area contributed by atoms with Gasteiger partial charge in [0.15, 0.2) is 0 Å². The van der Waals surface area contributed by atoms with Crippen molar-refractivity contribution in [3.8, 4) is 11.3 Å². The van der Waals surface area contributed by atoms with Crippen molar-refractivity contribution in [1.29, 1.82) is 0 Å². The number of fused-ring (bicyclic) bond motifs is 1. The minimum Gasteiger partial charge on any atom is -0.324 e. The average Bonchev–Trinajstić information content (AvgIpc) is 2.63. The molecule has 0 amide bonds. The van der Waals surface area contributed by atoms with Crippen molar-refractivity contribution in [2.24, 2.45) is 0 Å². The van der Waals surface area contributed by atoms with Gasteiger partial charge in [-0.25, -0.2) is 9.97 Å². The number of nitrogens with zero attached hydrogens (tertiary/aromatic N) is 2. The van der Waals surface area contributed by atoms with E-state index in [2.05, 4.69) is 47.6 Å². The van der Waals surface area contributed by atoms with Gasteiger partial charge in [0.2, 0.25) is 5.95 Å². The molecule has 0 spiro atoms. The summed E-state index contributed by atoms with van der Waals surface area (Å²) < 4.78 is 0.